The van der Waals surface area contributed by atoms with Crippen LogP contribution in [0.4, 0.5) is 4.39 Å². The Hall–Kier alpha value is -4.02. The zero-order chi connectivity index (χ0) is 27.6. The van der Waals surface area contributed by atoms with Gasteiger partial charge in [-0.15, -0.1) is 0 Å². The summed E-state index contributed by atoms with van der Waals surface area (Å²) in [4.78, 5) is 27.5. The van der Waals surface area contributed by atoms with Gasteiger partial charge in [-0.3, -0.25) is 13.9 Å². The number of rotatable bonds is 8. The minimum Gasteiger partial charge on any atom is -0.494 e. The highest BCUT2D eigenvalue weighted by molar-refractivity contribution is 7.90. The monoisotopic (exact) mass is 537 g/mol. The van der Waals surface area contributed by atoms with Crippen molar-refractivity contribution in [3.8, 4) is 16.9 Å². The van der Waals surface area contributed by atoms with Crippen LogP contribution < -0.4 is 21.7 Å². The van der Waals surface area contributed by atoms with Crippen LogP contribution in [-0.2, 0) is 22.9 Å². The Kier molecular flexibility index (Phi) is 7.66. The SMILES string of the molecule is COc1cccc(-c2c(C)n(Cc3ccccc3S(C)(=O)=O)c(=O)n(C[C@H](N)c3ccccc3)c2=O)c1F. The van der Waals surface area contributed by atoms with Gasteiger partial charge in [0.05, 0.1) is 30.7 Å². The number of aromatic nitrogens is 2. The van der Waals surface area contributed by atoms with Crippen molar-refractivity contribution in [2.24, 2.45) is 5.73 Å². The first-order chi connectivity index (χ1) is 18.0. The number of nitrogens with zero attached hydrogens (tertiary/aromatic N) is 2. The number of hydrogen-bond acceptors (Lipinski definition) is 6. The van der Waals surface area contributed by atoms with Crippen LogP contribution in [0.15, 0.2) is 87.3 Å². The van der Waals surface area contributed by atoms with Gasteiger partial charge in [-0.1, -0.05) is 60.7 Å². The van der Waals surface area contributed by atoms with E-state index in [9.17, 15) is 18.0 Å². The molecular weight excluding hydrogens is 509 g/mol. The second-order valence-electron chi connectivity index (χ2n) is 8.96. The van der Waals surface area contributed by atoms with Gasteiger partial charge in [0.25, 0.3) is 5.56 Å². The minimum absolute atomic E-state index is 0.0426. The maximum Gasteiger partial charge on any atom is 0.331 e. The summed E-state index contributed by atoms with van der Waals surface area (Å²) in [6, 6.07) is 19.0. The highest BCUT2D eigenvalue weighted by Gasteiger charge is 2.24. The van der Waals surface area contributed by atoms with Crippen molar-refractivity contribution in [2.75, 3.05) is 13.4 Å². The number of halogens is 1. The van der Waals surface area contributed by atoms with E-state index in [1.807, 2.05) is 6.07 Å². The van der Waals surface area contributed by atoms with Gasteiger partial charge in [-0.25, -0.2) is 17.6 Å². The van der Waals surface area contributed by atoms with Crippen LogP contribution >= 0.6 is 0 Å². The van der Waals surface area contributed by atoms with E-state index >= 15 is 4.39 Å². The zero-order valence-electron chi connectivity index (χ0n) is 21.2. The molecule has 0 saturated heterocycles. The molecule has 1 aromatic heterocycles. The smallest absolute Gasteiger partial charge is 0.331 e. The fourth-order valence-electron chi connectivity index (χ4n) is 4.49. The van der Waals surface area contributed by atoms with E-state index in [-0.39, 0.29) is 40.6 Å². The third kappa shape index (κ3) is 5.18. The van der Waals surface area contributed by atoms with Crippen LogP contribution in [0.3, 0.4) is 0 Å². The Bertz CT molecular complexity index is 1710. The summed E-state index contributed by atoms with van der Waals surface area (Å²) in [5.74, 6) is -0.815. The zero-order valence-corrected chi connectivity index (χ0v) is 22.0. The van der Waals surface area contributed by atoms with E-state index in [2.05, 4.69) is 0 Å². The van der Waals surface area contributed by atoms with Crippen LogP contribution in [0.1, 0.15) is 22.9 Å². The second kappa shape index (κ2) is 10.8. The van der Waals surface area contributed by atoms with E-state index < -0.39 is 32.9 Å². The first-order valence-corrected chi connectivity index (χ1v) is 13.7. The molecule has 0 aliphatic heterocycles. The normalized spacial score (nSPS) is 12.3. The molecule has 0 radical (unpaired) electrons. The van der Waals surface area contributed by atoms with Gasteiger partial charge in [0.15, 0.2) is 21.4 Å². The quantitative estimate of drug-likeness (QED) is 0.369. The summed E-state index contributed by atoms with van der Waals surface area (Å²) in [6.45, 7) is 1.20. The summed E-state index contributed by atoms with van der Waals surface area (Å²) in [5, 5.41) is 0. The van der Waals surface area contributed by atoms with E-state index in [1.165, 1.54) is 36.8 Å². The molecule has 10 heteroatoms. The van der Waals surface area contributed by atoms with Gasteiger partial charge in [0.1, 0.15) is 0 Å². The van der Waals surface area contributed by atoms with Crippen molar-refractivity contribution in [3.05, 3.63) is 116 Å². The number of nitrogens with two attached hydrogens (primary N) is 1. The molecule has 8 nitrogen and oxygen atoms in total. The summed E-state index contributed by atoms with van der Waals surface area (Å²) >= 11 is 0. The maximum atomic E-state index is 15.4. The van der Waals surface area contributed by atoms with Crippen LogP contribution in [0, 0.1) is 12.7 Å². The Morgan fingerprint density at radius 2 is 1.61 bits per heavy atom. The van der Waals surface area contributed by atoms with Gasteiger partial charge < -0.3 is 10.5 Å². The molecule has 0 spiro atoms. The predicted molar refractivity (Wildman–Crippen MR) is 144 cm³/mol. The molecule has 0 saturated carbocycles. The highest BCUT2D eigenvalue weighted by Crippen LogP contribution is 2.29. The van der Waals surface area contributed by atoms with E-state index in [0.717, 1.165) is 10.8 Å². The third-order valence-corrected chi connectivity index (χ3v) is 7.64. The average Bonchev–Trinajstić information content (AvgIpc) is 2.90. The van der Waals surface area contributed by atoms with Gasteiger partial charge >= 0.3 is 5.69 Å². The van der Waals surface area contributed by atoms with E-state index in [4.69, 9.17) is 10.5 Å². The summed E-state index contributed by atoms with van der Waals surface area (Å²) in [6.07, 6.45) is 1.08. The van der Waals surface area contributed by atoms with Gasteiger partial charge in [0.2, 0.25) is 0 Å². The second-order valence-corrected chi connectivity index (χ2v) is 10.9. The van der Waals surface area contributed by atoms with Gasteiger partial charge in [-0.2, -0.15) is 0 Å². The van der Waals surface area contributed by atoms with Gasteiger partial charge in [-0.05, 0) is 30.2 Å². The van der Waals surface area contributed by atoms with Crippen molar-refractivity contribution >= 4 is 9.84 Å². The van der Waals surface area contributed by atoms with Crippen LogP contribution in [0.5, 0.6) is 5.75 Å². The molecule has 4 rings (SSSR count). The first kappa shape index (κ1) is 27.0. The molecule has 1 atom stereocenters. The molecule has 3 aromatic carbocycles. The lowest BCUT2D eigenvalue weighted by Gasteiger charge is -2.21. The molecule has 1 heterocycles. The Morgan fingerprint density at radius 3 is 2.26 bits per heavy atom. The molecule has 38 heavy (non-hydrogen) atoms. The van der Waals surface area contributed by atoms with Crippen molar-refractivity contribution in [2.45, 2.75) is 31.0 Å². The number of benzene rings is 3. The summed E-state index contributed by atoms with van der Waals surface area (Å²) < 4.78 is 47.6. The highest BCUT2D eigenvalue weighted by atomic mass is 32.2. The molecule has 0 aliphatic rings. The third-order valence-electron chi connectivity index (χ3n) is 6.45. The topological polar surface area (TPSA) is 113 Å². The number of methoxy groups -OCH3 is 1. The van der Waals surface area contributed by atoms with Crippen LogP contribution in [0.25, 0.3) is 11.1 Å². The van der Waals surface area contributed by atoms with E-state index in [0.29, 0.717) is 11.1 Å². The van der Waals surface area contributed by atoms with Gasteiger partial charge in [0, 0.05) is 23.6 Å². The molecule has 0 amide bonds. The molecule has 198 valence electrons. The molecule has 0 fully saturated rings. The molecule has 0 aliphatic carbocycles. The molecule has 4 aromatic rings. The number of sulfone groups is 1. The lowest BCUT2D eigenvalue weighted by Crippen LogP contribution is -2.44. The fraction of sp³-hybridized carbons (Fsp3) is 0.214. The van der Waals surface area contributed by atoms with Crippen molar-refractivity contribution in [1.82, 2.24) is 9.13 Å². The lowest BCUT2D eigenvalue weighted by molar-refractivity contribution is 0.387. The van der Waals surface area contributed by atoms with Crippen LogP contribution in [0.2, 0.25) is 0 Å². The molecular formula is C28H28FN3O5S. The van der Waals surface area contributed by atoms with Crippen molar-refractivity contribution in [3.63, 3.8) is 0 Å². The number of hydrogen-bond donors (Lipinski definition) is 1. The Morgan fingerprint density at radius 1 is 0.947 bits per heavy atom. The maximum absolute atomic E-state index is 15.4. The Labute approximate surface area is 219 Å². The lowest BCUT2D eigenvalue weighted by atomic mass is 10.0. The average molecular weight is 538 g/mol. The summed E-state index contributed by atoms with van der Waals surface area (Å²) in [7, 11) is -2.30. The molecule has 0 unspecified atom stereocenters. The standard InChI is InChI=1S/C28H28FN3O5S/c1-18-25(21-13-9-14-23(37-2)26(21)29)27(33)32(17-22(30)19-10-5-4-6-11-19)28(34)31(18)16-20-12-7-8-15-24(20)38(3,35)36/h4-15,22H,16-17,30H2,1-3H3/t22-/m0/s1. The first-order valence-electron chi connectivity index (χ1n) is 11.8. The van der Waals surface area contributed by atoms with Crippen LogP contribution in [-0.4, -0.2) is 30.9 Å². The Balaban J connectivity index is 1.99. The fourth-order valence-corrected chi connectivity index (χ4v) is 5.42. The minimum atomic E-state index is -3.61. The van der Waals surface area contributed by atoms with Crippen molar-refractivity contribution < 1.29 is 17.5 Å². The predicted octanol–water partition coefficient (Wildman–Crippen LogP) is 3.28. The molecule has 0 bridgehead atoms. The van der Waals surface area contributed by atoms with E-state index in [1.54, 1.807) is 48.5 Å². The van der Waals surface area contributed by atoms with Crippen molar-refractivity contribution in [1.29, 1.82) is 0 Å². The summed E-state index contributed by atoms with van der Waals surface area (Å²) in [5.41, 5.74) is 6.14. The number of ether oxygens (including phenoxy) is 1. The largest absolute Gasteiger partial charge is 0.494 e. The molecule has 2 N–H and O–H groups in total.